The Kier molecular flexibility index (Phi) is 3.35. The van der Waals surface area contributed by atoms with Crippen LogP contribution in [-0.2, 0) is 19.1 Å². The lowest BCUT2D eigenvalue weighted by atomic mass is 9.87. The Hall–Kier alpha value is -0.940. The van der Waals surface area contributed by atoms with E-state index in [2.05, 4.69) is 0 Å². The largest absolute Gasteiger partial charge is 0.348 e. The van der Waals surface area contributed by atoms with Crippen molar-refractivity contribution in [3.63, 3.8) is 0 Å². The Morgan fingerprint density at radius 2 is 1.58 bits per heavy atom. The van der Waals surface area contributed by atoms with Gasteiger partial charge in [-0.15, -0.1) is 0 Å². The molecular weight excluding hydrogens is 246 g/mol. The summed E-state index contributed by atoms with van der Waals surface area (Å²) in [6.07, 6.45) is 4.16. The number of ether oxygens (including phenoxy) is 2. The van der Waals surface area contributed by atoms with Crippen LogP contribution < -0.4 is 0 Å². The van der Waals surface area contributed by atoms with Gasteiger partial charge in [0.15, 0.2) is 5.79 Å². The zero-order valence-corrected chi connectivity index (χ0v) is 11.4. The van der Waals surface area contributed by atoms with Crippen LogP contribution in [-0.4, -0.2) is 41.8 Å². The molecule has 0 aromatic rings. The first-order chi connectivity index (χ1) is 9.10. The maximum absolute atomic E-state index is 12.1. The molecular formula is C14H21NO4. The molecule has 2 saturated heterocycles. The van der Waals surface area contributed by atoms with E-state index in [9.17, 15) is 9.59 Å². The Labute approximate surface area is 113 Å². The normalized spacial score (nSPS) is 29.4. The molecule has 0 bridgehead atoms. The number of piperidine rings is 1. The minimum atomic E-state index is -0.425. The summed E-state index contributed by atoms with van der Waals surface area (Å²) >= 11 is 0. The van der Waals surface area contributed by atoms with E-state index in [1.165, 1.54) is 4.90 Å². The summed E-state index contributed by atoms with van der Waals surface area (Å²) in [4.78, 5) is 25.7. The second kappa shape index (κ2) is 4.87. The van der Waals surface area contributed by atoms with E-state index in [1.54, 1.807) is 0 Å². The van der Waals surface area contributed by atoms with Crippen molar-refractivity contribution in [2.45, 2.75) is 57.3 Å². The van der Waals surface area contributed by atoms with Gasteiger partial charge in [0.05, 0.1) is 13.2 Å². The average molecular weight is 267 g/mol. The van der Waals surface area contributed by atoms with E-state index in [-0.39, 0.29) is 23.8 Å². The van der Waals surface area contributed by atoms with Crippen molar-refractivity contribution in [1.82, 2.24) is 4.90 Å². The van der Waals surface area contributed by atoms with E-state index in [1.807, 2.05) is 6.92 Å². The van der Waals surface area contributed by atoms with Crippen LogP contribution in [0.5, 0.6) is 0 Å². The van der Waals surface area contributed by atoms with Gasteiger partial charge in [-0.3, -0.25) is 14.5 Å². The summed E-state index contributed by atoms with van der Waals surface area (Å²) in [7, 11) is 0. The summed E-state index contributed by atoms with van der Waals surface area (Å²) in [5, 5.41) is 0. The molecule has 3 fully saturated rings. The Balaban J connectivity index is 1.64. The number of carbonyl (C=O) groups is 2. The van der Waals surface area contributed by atoms with Gasteiger partial charge in [0.2, 0.25) is 11.8 Å². The maximum Gasteiger partial charge on any atom is 0.229 e. The SMILES string of the molecule is CC1CC(=O)N(C2CCC3(CC2)OCCO3)C(=O)C1. The molecule has 0 radical (unpaired) electrons. The van der Waals surface area contributed by atoms with Crippen molar-refractivity contribution in [2.75, 3.05) is 13.2 Å². The lowest BCUT2D eigenvalue weighted by Gasteiger charge is -2.41. The van der Waals surface area contributed by atoms with E-state index >= 15 is 0 Å². The molecule has 5 nitrogen and oxygen atoms in total. The quantitative estimate of drug-likeness (QED) is 0.675. The lowest BCUT2D eigenvalue weighted by Crippen LogP contribution is -2.52. The molecule has 1 spiro atoms. The van der Waals surface area contributed by atoms with Gasteiger partial charge in [0, 0.05) is 31.7 Å². The molecule has 19 heavy (non-hydrogen) atoms. The van der Waals surface area contributed by atoms with Crippen LogP contribution in [0.15, 0.2) is 0 Å². The fraction of sp³-hybridized carbons (Fsp3) is 0.857. The zero-order valence-electron chi connectivity index (χ0n) is 11.4. The van der Waals surface area contributed by atoms with E-state index in [4.69, 9.17) is 9.47 Å². The smallest absolute Gasteiger partial charge is 0.229 e. The third-order valence-corrected chi connectivity index (χ3v) is 4.48. The molecule has 2 heterocycles. The van der Waals surface area contributed by atoms with E-state index in [0.29, 0.717) is 26.1 Å². The number of carbonyl (C=O) groups excluding carboxylic acids is 2. The van der Waals surface area contributed by atoms with Crippen LogP contribution in [0.1, 0.15) is 45.4 Å². The fourth-order valence-electron chi connectivity index (χ4n) is 3.50. The van der Waals surface area contributed by atoms with Gasteiger partial charge in [-0.1, -0.05) is 6.92 Å². The molecule has 5 heteroatoms. The topological polar surface area (TPSA) is 55.8 Å². The maximum atomic E-state index is 12.1. The Bertz CT molecular complexity index is 361. The van der Waals surface area contributed by atoms with Crippen LogP contribution in [0.3, 0.4) is 0 Å². The third-order valence-electron chi connectivity index (χ3n) is 4.48. The number of rotatable bonds is 1. The molecule has 3 rings (SSSR count). The van der Waals surface area contributed by atoms with Gasteiger partial charge in [-0.2, -0.15) is 0 Å². The van der Waals surface area contributed by atoms with Crippen LogP contribution in [0.25, 0.3) is 0 Å². The zero-order chi connectivity index (χ0) is 13.5. The number of hydrogen-bond acceptors (Lipinski definition) is 4. The highest BCUT2D eigenvalue weighted by molar-refractivity contribution is 5.98. The predicted molar refractivity (Wildman–Crippen MR) is 67.1 cm³/mol. The summed E-state index contributed by atoms with van der Waals surface area (Å²) in [5.74, 6) is -0.241. The third kappa shape index (κ3) is 2.41. The first-order valence-electron chi connectivity index (χ1n) is 7.22. The molecule has 2 aliphatic heterocycles. The first kappa shape index (κ1) is 13.1. The van der Waals surface area contributed by atoms with Gasteiger partial charge >= 0.3 is 0 Å². The second-order valence-corrected chi connectivity index (χ2v) is 6.01. The molecule has 1 aliphatic carbocycles. The van der Waals surface area contributed by atoms with Crippen molar-refractivity contribution in [3.05, 3.63) is 0 Å². The molecule has 0 aromatic carbocycles. The molecule has 106 valence electrons. The van der Waals surface area contributed by atoms with Gasteiger partial charge in [0.1, 0.15) is 0 Å². The van der Waals surface area contributed by atoms with Gasteiger partial charge < -0.3 is 9.47 Å². The summed E-state index contributed by atoms with van der Waals surface area (Å²) in [5.41, 5.74) is 0. The average Bonchev–Trinajstić information content (AvgIpc) is 2.79. The molecule has 0 N–H and O–H groups in total. The molecule has 0 aromatic heterocycles. The molecule has 0 atom stereocenters. The fourth-order valence-corrected chi connectivity index (χ4v) is 3.50. The second-order valence-electron chi connectivity index (χ2n) is 6.01. The van der Waals surface area contributed by atoms with Crippen LogP contribution in [0.2, 0.25) is 0 Å². The standard InChI is InChI=1S/C14H21NO4/c1-10-8-12(16)15(13(17)9-10)11-2-4-14(5-3-11)18-6-7-19-14/h10-11H,2-9H2,1H3. The number of imide groups is 1. The van der Waals surface area contributed by atoms with E-state index < -0.39 is 5.79 Å². The van der Waals surface area contributed by atoms with Gasteiger partial charge in [-0.05, 0) is 18.8 Å². The highest BCUT2D eigenvalue weighted by Gasteiger charge is 2.44. The Morgan fingerprint density at radius 1 is 1.05 bits per heavy atom. The van der Waals surface area contributed by atoms with Gasteiger partial charge in [-0.25, -0.2) is 0 Å². The van der Waals surface area contributed by atoms with Crippen molar-refractivity contribution in [1.29, 1.82) is 0 Å². The number of hydrogen-bond donors (Lipinski definition) is 0. The molecule has 0 unspecified atom stereocenters. The van der Waals surface area contributed by atoms with Crippen molar-refractivity contribution in [2.24, 2.45) is 5.92 Å². The summed E-state index contributed by atoms with van der Waals surface area (Å²) in [6.45, 7) is 3.27. The van der Waals surface area contributed by atoms with Gasteiger partial charge in [0.25, 0.3) is 0 Å². The molecule has 1 saturated carbocycles. The number of nitrogens with zero attached hydrogens (tertiary/aromatic N) is 1. The first-order valence-corrected chi connectivity index (χ1v) is 7.22. The summed E-state index contributed by atoms with van der Waals surface area (Å²) in [6, 6.07) is 0.0472. The van der Waals surface area contributed by atoms with Crippen molar-refractivity contribution >= 4 is 11.8 Å². The minimum Gasteiger partial charge on any atom is -0.348 e. The van der Waals surface area contributed by atoms with Crippen molar-refractivity contribution < 1.29 is 19.1 Å². The Morgan fingerprint density at radius 3 is 2.11 bits per heavy atom. The van der Waals surface area contributed by atoms with Crippen molar-refractivity contribution in [3.8, 4) is 0 Å². The number of likely N-dealkylation sites (tertiary alicyclic amines) is 1. The predicted octanol–water partition coefficient (Wildman–Crippen LogP) is 1.46. The highest BCUT2D eigenvalue weighted by atomic mass is 16.7. The molecule has 3 aliphatic rings. The monoisotopic (exact) mass is 267 g/mol. The molecule has 2 amide bonds. The van der Waals surface area contributed by atoms with Crippen LogP contribution in [0.4, 0.5) is 0 Å². The summed E-state index contributed by atoms with van der Waals surface area (Å²) < 4.78 is 11.4. The van der Waals surface area contributed by atoms with E-state index in [0.717, 1.165) is 25.7 Å². The highest BCUT2D eigenvalue weighted by Crippen LogP contribution is 2.38. The lowest BCUT2D eigenvalue weighted by molar-refractivity contribution is -0.187. The minimum absolute atomic E-state index is 0.00189. The number of amides is 2. The van der Waals surface area contributed by atoms with Crippen LogP contribution >= 0.6 is 0 Å². The van der Waals surface area contributed by atoms with Crippen LogP contribution in [0, 0.1) is 5.92 Å².